The van der Waals surface area contributed by atoms with Crippen LogP contribution in [0.5, 0.6) is 0 Å². The summed E-state index contributed by atoms with van der Waals surface area (Å²) in [6.07, 6.45) is 2.96. The number of carbonyl (C=O) groups excluding carboxylic acids is 2. The van der Waals surface area contributed by atoms with Crippen LogP contribution < -0.4 is 0 Å². The fourth-order valence-electron chi connectivity index (χ4n) is 5.62. The number of ketones is 2. The topological polar surface area (TPSA) is 74.8 Å². The number of fused-ring (bicyclic) bond motifs is 1. The number of benzene rings is 4. The van der Waals surface area contributed by atoms with E-state index in [2.05, 4.69) is 4.90 Å². The van der Waals surface area contributed by atoms with E-state index in [-0.39, 0.29) is 16.4 Å². The highest BCUT2D eigenvalue weighted by atomic mass is 32.2. The Labute approximate surface area is 240 Å². The maximum absolute atomic E-state index is 14.2. The molecule has 0 aliphatic carbocycles. The molecule has 6 nitrogen and oxygen atoms in total. The number of sulfonamides is 1. The number of hydrogen-bond donors (Lipinski definition) is 0. The second kappa shape index (κ2) is 11.2. The van der Waals surface area contributed by atoms with Crippen LogP contribution in [0.15, 0.2) is 120 Å². The summed E-state index contributed by atoms with van der Waals surface area (Å²) in [4.78, 5) is 30.1. The van der Waals surface area contributed by atoms with Crippen molar-refractivity contribution >= 4 is 27.3 Å². The van der Waals surface area contributed by atoms with Gasteiger partial charge >= 0.3 is 0 Å². The van der Waals surface area contributed by atoms with Gasteiger partial charge in [-0.1, -0.05) is 103 Å². The SMILES string of the molecule is O=C(CN1C(C(=O)c2ccccc2)=C(N2CCCCC2)c2ccccc2S1(=O)=O)c1ccc(-c2ccccc2)cc1. The Bertz CT molecular complexity index is 1720. The number of allylic oxidation sites excluding steroid dienone is 1. The number of likely N-dealkylation sites (tertiary alicyclic amines) is 1. The van der Waals surface area contributed by atoms with Gasteiger partial charge in [0.2, 0.25) is 5.78 Å². The van der Waals surface area contributed by atoms with E-state index in [4.69, 9.17) is 0 Å². The highest BCUT2D eigenvalue weighted by Gasteiger charge is 2.42. The van der Waals surface area contributed by atoms with Crippen LogP contribution in [0.25, 0.3) is 16.8 Å². The monoisotopic (exact) mass is 562 g/mol. The van der Waals surface area contributed by atoms with E-state index in [0.29, 0.717) is 35.5 Å². The second-order valence-electron chi connectivity index (χ2n) is 10.3. The number of carbonyl (C=O) groups is 2. The lowest BCUT2D eigenvalue weighted by Crippen LogP contribution is -2.44. The van der Waals surface area contributed by atoms with Gasteiger partial charge in [-0.15, -0.1) is 0 Å². The van der Waals surface area contributed by atoms with Gasteiger partial charge in [0.25, 0.3) is 10.0 Å². The van der Waals surface area contributed by atoms with E-state index in [1.54, 1.807) is 60.7 Å². The first kappa shape index (κ1) is 26.7. The van der Waals surface area contributed by atoms with E-state index in [0.717, 1.165) is 34.7 Å². The first-order valence-electron chi connectivity index (χ1n) is 13.8. The quantitative estimate of drug-likeness (QED) is 0.248. The molecule has 1 fully saturated rings. The van der Waals surface area contributed by atoms with Crippen molar-refractivity contribution in [2.75, 3.05) is 19.6 Å². The summed E-state index contributed by atoms with van der Waals surface area (Å²) in [6, 6.07) is 32.4. The molecule has 0 amide bonds. The third kappa shape index (κ3) is 5.09. The number of rotatable bonds is 7. The number of hydrogen-bond acceptors (Lipinski definition) is 5. The Morgan fingerprint density at radius 3 is 1.90 bits per heavy atom. The van der Waals surface area contributed by atoms with E-state index < -0.39 is 22.4 Å². The molecule has 0 spiro atoms. The fraction of sp³-hybridized carbons (Fsp3) is 0.176. The van der Waals surface area contributed by atoms with Crippen LogP contribution in [-0.4, -0.2) is 48.8 Å². The van der Waals surface area contributed by atoms with Crippen LogP contribution in [0.3, 0.4) is 0 Å². The van der Waals surface area contributed by atoms with Gasteiger partial charge in [0.15, 0.2) is 5.78 Å². The first-order valence-corrected chi connectivity index (χ1v) is 15.3. The summed E-state index contributed by atoms with van der Waals surface area (Å²) in [7, 11) is -4.20. The lowest BCUT2D eigenvalue weighted by molar-refractivity contribution is 0.0956. The smallest absolute Gasteiger partial charge is 0.265 e. The molecule has 0 N–H and O–H groups in total. The van der Waals surface area contributed by atoms with Crippen LogP contribution in [0.4, 0.5) is 0 Å². The first-order chi connectivity index (χ1) is 19.9. The summed E-state index contributed by atoms with van der Waals surface area (Å²) in [6.45, 7) is 0.933. The van der Waals surface area contributed by atoms with E-state index in [1.807, 2.05) is 48.5 Å². The molecule has 206 valence electrons. The standard InChI is InChI=1S/C34H30N2O4S/c37-30(27-20-18-26(19-21-27)25-12-4-1-5-13-25)24-36-33(34(38)28-14-6-2-7-15-28)32(35-22-10-3-11-23-35)29-16-8-9-17-31(29)41(36,39)40/h1-2,4-9,12-21H,3,10-11,22-24H2. The molecular formula is C34H30N2O4S. The van der Waals surface area contributed by atoms with Crippen molar-refractivity contribution in [3.63, 3.8) is 0 Å². The average molecular weight is 563 g/mol. The molecule has 0 aromatic heterocycles. The van der Waals surface area contributed by atoms with Gasteiger partial charge in [-0.2, -0.15) is 0 Å². The highest BCUT2D eigenvalue weighted by Crippen LogP contribution is 2.41. The molecule has 0 saturated carbocycles. The minimum Gasteiger partial charge on any atom is -0.369 e. The zero-order chi connectivity index (χ0) is 28.4. The van der Waals surface area contributed by atoms with E-state index in [1.165, 1.54) is 0 Å². The predicted octanol–water partition coefficient (Wildman–Crippen LogP) is 6.28. The number of Topliss-reactive ketones (excluding diaryl/α,β-unsaturated/α-hetero) is 2. The van der Waals surface area contributed by atoms with Gasteiger partial charge < -0.3 is 4.90 Å². The Hall–Kier alpha value is -4.49. The predicted molar refractivity (Wildman–Crippen MR) is 160 cm³/mol. The molecular weight excluding hydrogens is 532 g/mol. The normalized spacial score (nSPS) is 16.3. The van der Waals surface area contributed by atoms with Crippen LogP contribution in [0.1, 0.15) is 45.5 Å². The molecule has 7 heteroatoms. The van der Waals surface area contributed by atoms with Crippen molar-refractivity contribution in [3.8, 4) is 11.1 Å². The molecule has 0 unspecified atom stereocenters. The molecule has 2 aliphatic rings. The number of nitrogens with zero attached hydrogens (tertiary/aromatic N) is 2. The van der Waals surface area contributed by atoms with Crippen LogP contribution in [0, 0.1) is 0 Å². The Morgan fingerprint density at radius 1 is 0.634 bits per heavy atom. The van der Waals surface area contributed by atoms with Gasteiger partial charge in [-0.25, -0.2) is 8.42 Å². The van der Waals surface area contributed by atoms with Gasteiger partial charge in [-0.3, -0.25) is 13.9 Å². The van der Waals surface area contributed by atoms with Gasteiger partial charge in [-0.05, 0) is 36.5 Å². The third-order valence-corrected chi connectivity index (χ3v) is 9.51. The zero-order valence-electron chi connectivity index (χ0n) is 22.6. The summed E-state index contributed by atoms with van der Waals surface area (Å²) in [5.74, 6) is -0.805. The van der Waals surface area contributed by atoms with Crippen molar-refractivity contribution < 1.29 is 18.0 Å². The van der Waals surface area contributed by atoms with Crippen molar-refractivity contribution in [2.24, 2.45) is 0 Å². The van der Waals surface area contributed by atoms with Gasteiger partial charge in [0.05, 0.1) is 17.1 Å². The molecule has 41 heavy (non-hydrogen) atoms. The minimum absolute atomic E-state index is 0.0334. The van der Waals surface area contributed by atoms with Crippen LogP contribution in [-0.2, 0) is 10.0 Å². The van der Waals surface area contributed by atoms with Crippen molar-refractivity contribution in [1.29, 1.82) is 0 Å². The summed E-state index contributed by atoms with van der Waals surface area (Å²) in [5, 5.41) is 0. The van der Waals surface area contributed by atoms with Gasteiger partial charge in [0, 0.05) is 29.8 Å². The second-order valence-corrected chi connectivity index (χ2v) is 12.1. The molecule has 6 rings (SSSR count). The van der Waals surface area contributed by atoms with E-state index >= 15 is 0 Å². The molecule has 0 radical (unpaired) electrons. The minimum atomic E-state index is -4.20. The maximum atomic E-state index is 14.2. The molecule has 2 heterocycles. The molecule has 1 saturated heterocycles. The van der Waals surface area contributed by atoms with Crippen molar-refractivity contribution in [2.45, 2.75) is 24.2 Å². The zero-order valence-corrected chi connectivity index (χ0v) is 23.4. The molecule has 0 bridgehead atoms. The Balaban J connectivity index is 1.46. The number of piperidine rings is 1. The third-order valence-electron chi connectivity index (χ3n) is 7.71. The summed E-state index contributed by atoms with van der Waals surface area (Å²) >= 11 is 0. The van der Waals surface area contributed by atoms with Gasteiger partial charge in [0.1, 0.15) is 5.70 Å². The lowest BCUT2D eigenvalue weighted by atomic mass is 9.99. The van der Waals surface area contributed by atoms with Crippen LogP contribution >= 0.6 is 0 Å². The van der Waals surface area contributed by atoms with Crippen molar-refractivity contribution in [3.05, 3.63) is 132 Å². The molecule has 4 aromatic carbocycles. The Kier molecular flexibility index (Phi) is 7.28. The summed E-state index contributed by atoms with van der Waals surface area (Å²) in [5.41, 5.74) is 3.84. The fourth-order valence-corrected chi connectivity index (χ4v) is 7.25. The molecule has 2 aliphatic heterocycles. The van der Waals surface area contributed by atoms with E-state index in [9.17, 15) is 18.0 Å². The highest BCUT2D eigenvalue weighted by molar-refractivity contribution is 7.89. The van der Waals surface area contributed by atoms with Crippen molar-refractivity contribution in [1.82, 2.24) is 9.21 Å². The Morgan fingerprint density at radius 2 is 1.22 bits per heavy atom. The average Bonchev–Trinajstić information content (AvgIpc) is 3.03. The van der Waals surface area contributed by atoms with Crippen LogP contribution in [0.2, 0.25) is 0 Å². The lowest BCUT2D eigenvalue weighted by Gasteiger charge is -2.39. The largest absolute Gasteiger partial charge is 0.369 e. The summed E-state index contributed by atoms with van der Waals surface area (Å²) < 4.78 is 29.4. The molecule has 0 atom stereocenters. The maximum Gasteiger partial charge on any atom is 0.265 e. The molecule has 4 aromatic rings.